The van der Waals surface area contributed by atoms with E-state index in [9.17, 15) is 15.2 Å². The van der Waals surface area contributed by atoms with E-state index in [-0.39, 0.29) is 10.6 Å². The number of nitro groups is 1. The van der Waals surface area contributed by atoms with Crippen LogP contribution in [0.1, 0.15) is 30.7 Å². The minimum atomic E-state index is -0.668. The molecule has 1 aliphatic rings. The van der Waals surface area contributed by atoms with Crippen molar-refractivity contribution in [3.05, 3.63) is 21.1 Å². The second-order valence-electron chi connectivity index (χ2n) is 5.16. The Morgan fingerprint density at radius 1 is 1.60 bits per heavy atom. The fraction of sp³-hybridized carbons (Fsp3) is 0.692. The summed E-state index contributed by atoms with van der Waals surface area (Å²) in [7, 11) is 1.70. The van der Waals surface area contributed by atoms with Gasteiger partial charge in [-0.1, -0.05) is 0 Å². The largest absolute Gasteiger partial charge is 0.388 e. The van der Waals surface area contributed by atoms with Gasteiger partial charge in [-0.15, -0.1) is 11.3 Å². The smallest absolute Gasteiger partial charge is 0.304 e. The molecule has 1 aromatic heterocycles. The number of piperidine rings is 1. The second kappa shape index (κ2) is 6.51. The number of aliphatic hydroxyl groups is 1. The minimum Gasteiger partial charge on any atom is -0.388 e. The maximum atomic E-state index is 11.2. The topological polar surface area (TPSA) is 75.8 Å². The van der Waals surface area contributed by atoms with Crippen LogP contribution in [0, 0.1) is 16.0 Å². The lowest BCUT2D eigenvalue weighted by molar-refractivity contribution is -0.383. The molecular formula is C13H20N2O4S. The van der Waals surface area contributed by atoms with Gasteiger partial charge in [0.15, 0.2) is 5.00 Å². The molecule has 0 saturated carbocycles. The molecule has 2 heterocycles. The fourth-order valence-corrected chi connectivity index (χ4v) is 3.61. The van der Waals surface area contributed by atoms with E-state index >= 15 is 0 Å². The van der Waals surface area contributed by atoms with E-state index in [0.717, 1.165) is 32.5 Å². The average Bonchev–Trinajstić information content (AvgIpc) is 2.85. The molecule has 20 heavy (non-hydrogen) atoms. The predicted molar refractivity (Wildman–Crippen MR) is 78.4 cm³/mol. The zero-order valence-corrected chi connectivity index (χ0v) is 12.6. The predicted octanol–water partition coefficient (Wildman–Crippen LogP) is 2.57. The Morgan fingerprint density at radius 2 is 2.25 bits per heavy atom. The summed E-state index contributed by atoms with van der Waals surface area (Å²) in [6, 6.07) is 1.49. The Hall–Kier alpha value is -1.18. The zero-order valence-electron chi connectivity index (χ0n) is 11.7. The van der Waals surface area contributed by atoms with Gasteiger partial charge in [0.05, 0.1) is 11.0 Å². The molecule has 7 heteroatoms. The molecule has 0 aromatic carbocycles. The van der Waals surface area contributed by atoms with Crippen molar-refractivity contribution in [2.75, 3.05) is 31.7 Å². The molecule has 1 atom stereocenters. The summed E-state index contributed by atoms with van der Waals surface area (Å²) >= 11 is 1.32. The van der Waals surface area contributed by atoms with Crippen molar-refractivity contribution in [3.63, 3.8) is 0 Å². The van der Waals surface area contributed by atoms with E-state index in [0.29, 0.717) is 15.8 Å². The highest BCUT2D eigenvalue weighted by atomic mass is 32.1. The number of methoxy groups -OCH3 is 1. The Balaban J connectivity index is 2.14. The van der Waals surface area contributed by atoms with E-state index in [4.69, 9.17) is 4.74 Å². The molecule has 1 fully saturated rings. The lowest BCUT2D eigenvalue weighted by Crippen LogP contribution is -2.34. The minimum absolute atomic E-state index is 0.107. The van der Waals surface area contributed by atoms with Crippen molar-refractivity contribution in [1.82, 2.24) is 0 Å². The van der Waals surface area contributed by atoms with E-state index in [1.165, 1.54) is 17.4 Å². The first kappa shape index (κ1) is 15.2. The number of rotatable bonds is 5. The molecule has 112 valence electrons. The molecule has 0 spiro atoms. The lowest BCUT2D eigenvalue weighted by Gasteiger charge is -2.31. The van der Waals surface area contributed by atoms with E-state index in [1.807, 2.05) is 0 Å². The Morgan fingerprint density at radius 3 is 2.75 bits per heavy atom. The van der Waals surface area contributed by atoms with Crippen LogP contribution in [0.15, 0.2) is 6.07 Å². The number of anilines is 1. The van der Waals surface area contributed by atoms with Crippen LogP contribution in [-0.2, 0) is 4.74 Å². The highest BCUT2D eigenvalue weighted by Gasteiger charge is 2.28. The third-order valence-corrected chi connectivity index (χ3v) is 4.98. The SMILES string of the molecule is COCC1CCN(c2sc([C@@H](C)O)cc2[N+](=O)[O-])CC1. The van der Waals surface area contributed by atoms with Crippen LogP contribution in [-0.4, -0.2) is 36.8 Å². The van der Waals surface area contributed by atoms with Gasteiger partial charge in [0.1, 0.15) is 0 Å². The quantitative estimate of drug-likeness (QED) is 0.668. The van der Waals surface area contributed by atoms with Crippen molar-refractivity contribution >= 4 is 22.0 Å². The lowest BCUT2D eigenvalue weighted by atomic mass is 9.98. The van der Waals surface area contributed by atoms with E-state index < -0.39 is 6.10 Å². The molecule has 0 bridgehead atoms. The summed E-state index contributed by atoms with van der Waals surface area (Å²) in [5, 5.41) is 21.4. The summed E-state index contributed by atoms with van der Waals surface area (Å²) < 4.78 is 5.16. The van der Waals surface area contributed by atoms with Gasteiger partial charge in [-0.25, -0.2) is 0 Å². The van der Waals surface area contributed by atoms with Gasteiger partial charge in [0.2, 0.25) is 0 Å². The van der Waals surface area contributed by atoms with Crippen molar-refractivity contribution in [3.8, 4) is 0 Å². The van der Waals surface area contributed by atoms with Crippen LogP contribution in [0.3, 0.4) is 0 Å². The van der Waals surface area contributed by atoms with Crippen LogP contribution in [0.2, 0.25) is 0 Å². The van der Waals surface area contributed by atoms with Crippen LogP contribution in [0.4, 0.5) is 10.7 Å². The number of aliphatic hydroxyl groups excluding tert-OH is 1. The van der Waals surface area contributed by atoms with Crippen LogP contribution in [0.25, 0.3) is 0 Å². The molecule has 1 aliphatic heterocycles. The number of ether oxygens (including phenoxy) is 1. The number of thiophene rings is 1. The van der Waals surface area contributed by atoms with Gasteiger partial charge >= 0.3 is 5.69 Å². The molecule has 0 radical (unpaired) electrons. The van der Waals surface area contributed by atoms with Crippen molar-refractivity contribution < 1.29 is 14.8 Å². The third-order valence-electron chi connectivity index (χ3n) is 3.63. The maximum Gasteiger partial charge on any atom is 0.304 e. The zero-order chi connectivity index (χ0) is 14.7. The molecule has 6 nitrogen and oxygen atoms in total. The fourth-order valence-electron chi connectivity index (χ4n) is 2.49. The number of nitrogens with zero attached hydrogens (tertiary/aromatic N) is 2. The van der Waals surface area contributed by atoms with Crippen molar-refractivity contribution in [2.45, 2.75) is 25.9 Å². The molecule has 2 rings (SSSR count). The molecule has 1 N–H and O–H groups in total. The molecule has 1 saturated heterocycles. The highest BCUT2D eigenvalue weighted by Crippen LogP contribution is 2.41. The first-order valence-electron chi connectivity index (χ1n) is 6.73. The number of hydrogen-bond acceptors (Lipinski definition) is 6. The van der Waals surface area contributed by atoms with Gasteiger partial charge < -0.3 is 14.7 Å². The van der Waals surface area contributed by atoms with Gasteiger partial charge in [-0.05, 0) is 25.7 Å². The summed E-state index contributed by atoms with van der Waals surface area (Å²) in [4.78, 5) is 13.5. The molecular weight excluding hydrogens is 280 g/mol. The monoisotopic (exact) mass is 300 g/mol. The Bertz CT molecular complexity index is 467. The molecule has 0 aliphatic carbocycles. The summed E-state index contributed by atoms with van der Waals surface area (Å²) in [5.74, 6) is 0.534. The Kier molecular flexibility index (Phi) is 4.95. The van der Waals surface area contributed by atoms with E-state index in [2.05, 4.69) is 4.90 Å². The molecule has 0 unspecified atom stereocenters. The maximum absolute atomic E-state index is 11.2. The first-order chi connectivity index (χ1) is 9.52. The van der Waals surface area contributed by atoms with Gasteiger partial charge in [0.25, 0.3) is 0 Å². The molecule has 1 aromatic rings. The van der Waals surface area contributed by atoms with Crippen LogP contribution in [0.5, 0.6) is 0 Å². The van der Waals surface area contributed by atoms with Crippen molar-refractivity contribution in [2.24, 2.45) is 5.92 Å². The standard InChI is InChI=1S/C13H20N2O4S/c1-9(16)12-7-11(15(17)18)13(20-12)14-5-3-10(4-6-14)8-19-2/h7,9-10,16H,3-6,8H2,1-2H3/t9-/m1/s1. The third kappa shape index (κ3) is 3.28. The van der Waals surface area contributed by atoms with Crippen LogP contribution >= 0.6 is 11.3 Å². The normalized spacial score (nSPS) is 18.2. The average molecular weight is 300 g/mol. The molecule has 0 amide bonds. The van der Waals surface area contributed by atoms with Crippen molar-refractivity contribution in [1.29, 1.82) is 0 Å². The second-order valence-corrected chi connectivity index (χ2v) is 6.22. The van der Waals surface area contributed by atoms with Gasteiger partial charge in [-0.2, -0.15) is 0 Å². The summed E-state index contributed by atoms with van der Waals surface area (Å²) in [6.07, 6.45) is 1.29. The van der Waals surface area contributed by atoms with Gasteiger partial charge in [0, 0.05) is 37.7 Å². The van der Waals surface area contributed by atoms with Crippen LogP contribution < -0.4 is 4.90 Å². The van der Waals surface area contributed by atoms with Gasteiger partial charge in [-0.3, -0.25) is 10.1 Å². The first-order valence-corrected chi connectivity index (χ1v) is 7.54. The summed E-state index contributed by atoms with van der Waals surface area (Å²) in [5.41, 5.74) is 0.107. The Labute approximate surface area is 122 Å². The highest BCUT2D eigenvalue weighted by molar-refractivity contribution is 7.16. The summed E-state index contributed by atoms with van der Waals surface area (Å²) in [6.45, 7) is 3.98. The van der Waals surface area contributed by atoms with E-state index in [1.54, 1.807) is 14.0 Å². The number of hydrogen-bond donors (Lipinski definition) is 1.